The lowest BCUT2D eigenvalue weighted by atomic mass is 9.55. The minimum absolute atomic E-state index is 0.0590. The molecule has 0 N–H and O–H groups in total. The molecule has 2 aliphatic rings. The quantitative estimate of drug-likeness (QED) is 0.538. The second-order valence-corrected chi connectivity index (χ2v) is 5.78. The van der Waals surface area contributed by atoms with Gasteiger partial charge in [0.15, 0.2) is 0 Å². The molecule has 0 aromatic heterocycles. The van der Waals surface area contributed by atoms with Crippen LogP contribution in [0.1, 0.15) is 46.5 Å². The molecule has 0 aromatic rings. The maximum absolute atomic E-state index is 12.4. The van der Waals surface area contributed by atoms with E-state index in [9.17, 15) is 4.79 Å². The molecule has 0 radical (unpaired) electrons. The van der Waals surface area contributed by atoms with E-state index in [4.69, 9.17) is 0 Å². The Balaban J connectivity index is 2.34. The average Bonchev–Trinajstić information content (AvgIpc) is 2.14. The van der Waals surface area contributed by atoms with Crippen LogP contribution in [0.25, 0.3) is 0 Å². The maximum atomic E-state index is 12.4. The molecule has 0 bridgehead atoms. The minimum Gasteiger partial charge on any atom is -0.298 e. The van der Waals surface area contributed by atoms with Crippen molar-refractivity contribution in [2.75, 3.05) is 0 Å². The molecule has 0 heterocycles. The Morgan fingerprint density at radius 1 is 1.29 bits per heavy atom. The monoisotopic (exact) mass is 192 g/mol. The summed E-state index contributed by atoms with van der Waals surface area (Å²) in [4.78, 5) is 12.4. The summed E-state index contributed by atoms with van der Waals surface area (Å²) >= 11 is 0. The van der Waals surface area contributed by atoms with Crippen molar-refractivity contribution in [2.24, 2.45) is 16.7 Å². The van der Waals surface area contributed by atoms with Gasteiger partial charge in [-0.1, -0.05) is 32.9 Å². The molecular formula is C13H20O. The van der Waals surface area contributed by atoms with Gasteiger partial charge in [-0.15, -0.1) is 0 Å². The van der Waals surface area contributed by atoms with Crippen molar-refractivity contribution in [2.45, 2.75) is 46.5 Å². The SMILES string of the molecule is CC1(C)CCC2CC=CCC2(C)C1=O. The molecular weight excluding hydrogens is 172 g/mol. The standard InChI is InChI=1S/C13H20O/c1-12(2)9-7-10-6-4-5-8-13(10,3)11(12)14/h4-5,10H,6-9H2,1-3H3. The van der Waals surface area contributed by atoms with Gasteiger partial charge in [0, 0.05) is 10.8 Å². The van der Waals surface area contributed by atoms with Crippen LogP contribution in [0.4, 0.5) is 0 Å². The summed E-state index contributed by atoms with van der Waals surface area (Å²) < 4.78 is 0. The lowest BCUT2D eigenvalue weighted by Crippen LogP contribution is -2.48. The van der Waals surface area contributed by atoms with Gasteiger partial charge in [0.05, 0.1) is 0 Å². The number of allylic oxidation sites excluding steroid dienone is 2. The van der Waals surface area contributed by atoms with Crippen LogP contribution in [0, 0.1) is 16.7 Å². The summed E-state index contributed by atoms with van der Waals surface area (Å²) in [5.41, 5.74) is -0.146. The minimum atomic E-state index is -0.0869. The number of Topliss-reactive ketones (excluding diaryl/α,β-unsaturated/α-hetero) is 1. The van der Waals surface area contributed by atoms with Crippen molar-refractivity contribution in [3.63, 3.8) is 0 Å². The highest BCUT2D eigenvalue weighted by Crippen LogP contribution is 2.51. The first-order valence-electron chi connectivity index (χ1n) is 5.67. The Bertz CT molecular complexity index is 288. The molecule has 1 saturated carbocycles. The van der Waals surface area contributed by atoms with E-state index in [1.165, 1.54) is 6.42 Å². The fourth-order valence-electron chi connectivity index (χ4n) is 3.15. The molecule has 0 saturated heterocycles. The first-order chi connectivity index (χ1) is 6.47. The van der Waals surface area contributed by atoms with Gasteiger partial charge in [-0.25, -0.2) is 0 Å². The Morgan fingerprint density at radius 3 is 2.71 bits per heavy atom. The van der Waals surface area contributed by atoms with E-state index in [2.05, 4.69) is 32.9 Å². The molecule has 14 heavy (non-hydrogen) atoms. The zero-order chi connectivity index (χ0) is 10.4. The van der Waals surface area contributed by atoms with E-state index < -0.39 is 0 Å². The van der Waals surface area contributed by atoms with E-state index >= 15 is 0 Å². The van der Waals surface area contributed by atoms with Crippen molar-refractivity contribution in [3.8, 4) is 0 Å². The predicted octanol–water partition coefficient (Wildman–Crippen LogP) is 3.35. The van der Waals surface area contributed by atoms with Crippen molar-refractivity contribution >= 4 is 5.78 Å². The van der Waals surface area contributed by atoms with Gasteiger partial charge in [0.2, 0.25) is 0 Å². The van der Waals surface area contributed by atoms with E-state index in [-0.39, 0.29) is 10.8 Å². The molecule has 1 heteroatoms. The van der Waals surface area contributed by atoms with Crippen LogP contribution in [0.2, 0.25) is 0 Å². The highest BCUT2D eigenvalue weighted by Gasteiger charge is 2.50. The van der Waals surface area contributed by atoms with Crippen molar-refractivity contribution < 1.29 is 4.79 Å². The largest absolute Gasteiger partial charge is 0.298 e. The Morgan fingerprint density at radius 2 is 2.00 bits per heavy atom. The Hall–Kier alpha value is -0.590. The van der Waals surface area contributed by atoms with Crippen LogP contribution in [0.15, 0.2) is 12.2 Å². The van der Waals surface area contributed by atoms with Crippen molar-refractivity contribution in [3.05, 3.63) is 12.2 Å². The van der Waals surface area contributed by atoms with Gasteiger partial charge in [0.1, 0.15) is 5.78 Å². The Labute approximate surface area is 86.6 Å². The van der Waals surface area contributed by atoms with E-state index in [0.717, 1.165) is 19.3 Å². The Kier molecular flexibility index (Phi) is 2.09. The van der Waals surface area contributed by atoms with E-state index in [0.29, 0.717) is 11.7 Å². The predicted molar refractivity (Wildman–Crippen MR) is 58.0 cm³/mol. The van der Waals surface area contributed by atoms with Crippen molar-refractivity contribution in [1.29, 1.82) is 0 Å². The average molecular weight is 192 g/mol. The second-order valence-electron chi connectivity index (χ2n) is 5.78. The number of hydrogen-bond acceptors (Lipinski definition) is 1. The van der Waals surface area contributed by atoms with Gasteiger partial charge >= 0.3 is 0 Å². The van der Waals surface area contributed by atoms with Crippen LogP contribution < -0.4 is 0 Å². The summed E-state index contributed by atoms with van der Waals surface area (Å²) in [6.45, 7) is 6.38. The summed E-state index contributed by atoms with van der Waals surface area (Å²) in [6, 6.07) is 0. The highest BCUT2D eigenvalue weighted by atomic mass is 16.1. The number of hydrogen-bond donors (Lipinski definition) is 0. The van der Waals surface area contributed by atoms with Gasteiger partial charge in [0.25, 0.3) is 0 Å². The van der Waals surface area contributed by atoms with Crippen LogP contribution in [0.5, 0.6) is 0 Å². The highest BCUT2D eigenvalue weighted by molar-refractivity contribution is 5.90. The zero-order valence-electron chi connectivity index (χ0n) is 9.47. The third-order valence-corrected chi connectivity index (χ3v) is 4.28. The normalized spacial score (nSPS) is 40.8. The van der Waals surface area contributed by atoms with E-state index in [1.54, 1.807) is 0 Å². The number of carbonyl (C=O) groups excluding carboxylic acids is 1. The number of fused-ring (bicyclic) bond motifs is 1. The summed E-state index contributed by atoms with van der Waals surface area (Å²) in [6.07, 6.45) is 8.80. The number of ketones is 1. The van der Waals surface area contributed by atoms with Gasteiger partial charge < -0.3 is 0 Å². The first kappa shape index (κ1) is 9.95. The molecule has 0 aliphatic heterocycles. The third kappa shape index (κ3) is 1.25. The molecule has 78 valence electrons. The van der Waals surface area contributed by atoms with Crippen molar-refractivity contribution in [1.82, 2.24) is 0 Å². The fraction of sp³-hybridized carbons (Fsp3) is 0.769. The molecule has 2 aliphatic carbocycles. The van der Waals surface area contributed by atoms with Gasteiger partial charge in [-0.2, -0.15) is 0 Å². The summed E-state index contributed by atoms with van der Waals surface area (Å²) in [5, 5.41) is 0. The van der Waals surface area contributed by atoms with Crippen LogP contribution >= 0.6 is 0 Å². The molecule has 2 unspecified atom stereocenters. The zero-order valence-corrected chi connectivity index (χ0v) is 9.47. The molecule has 0 amide bonds. The second kappa shape index (κ2) is 2.95. The molecule has 0 spiro atoms. The number of rotatable bonds is 0. The smallest absolute Gasteiger partial charge is 0.144 e. The summed E-state index contributed by atoms with van der Waals surface area (Å²) in [5.74, 6) is 1.10. The maximum Gasteiger partial charge on any atom is 0.144 e. The van der Waals surface area contributed by atoms with Crippen LogP contribution in [-0.4, -0.2) is 5.78 Å². The molecule has 1 fully saturated rings. The van der Waals surface area contributed by atoms with Gasteiger partial charge in [-0.3, -0.25) is 4.79 Å². The molecule has 1 nitrogen and oxygen atoms in total. The summed E-state index contributed by atoms with van der Waals surface area (Å²) in [7, 11) is 0. The lowest BCUT2D eigenvalue weighted by Gasteiger charge is -2.47. The van der Waals surface area contributed by atoms with E-state index in [1.807, 2.05) is 0 Å². The van der Waals surface area contributed by atoms with Gasteiger partial charge in [-0.05, 0) is 31.6 Å². The molecule has 0 aromatic carbocycles. The number of carbonyl (C=O) groups is 1. The lowest BCUT2D eigenvalue weighted by molar-refractivity contribution is -0.145. The molecule has 2 rings (SSSR count). The fourth-order valence-corrected chi connectivity index (χ4v) is 3.15. The topological polar surface area (TPSA) is 17.1 Å². The third-order valence-electron chi connectivity index (χ3n) is 4.28. The molecule has 2 atom stereocenters. The van der Waals surface area contributed by atoms with Crippen LogP contribution in [-0.2, 0) is 4.79 Å². The van der Waals surface area contributed by atoms with Crippen LogP contribution in [0.3, 0.4) is 0 Å². The first-order valence-corrected chi connectivity index (χ1v) is 5.67.